The van der Waals surface area contributed by atoms with Crippen LogP contribution in [0.4, 0.5) is 18.9 Å². The molecule has 2 atom stereocenters. The maximum absolute atomic E-state index is 12.5. The van der Waals surface area contributed by atoms with Gasteiger partial charge in [0.15, 0.2) is 5.75 Å². The highest BCUT2D eigenvalue weighted by atomic mass is 32.2. The summed E-state index contributed by atoms with van der Waals surface area (Å²) in [4.78, 5) is 2.48. The molecule has 0 aromatic heterocycles. The van der Waals surface area contributed by atoms with Crippen molar-refractivity contribution in [3.8, 4) is 0 Å². The van der Waals surface area contributed by atoms with Gasteiger partial charge in [0.05, 0.1) is 0 Å². The van der Waals surface area contributed by atoms with E-state index < -0.39 is 22.0 Å². The third-order valence-corrected chi connectivity index (χ3v) is 7.30. The number of hydrogen-bond acceptors (Lipinski definition) is 3. The molecule has 1 aliphatic heterocycles. The van der Waals surface area contributed by atoms with Gasteiger partial charge in [0.2, 0.25) is 10.0 Å². The van der Waals surface area contributed by atoms with Crippen LogP contribution in [0.2, 0.25) is 0 Å². The van der Waals surface area contributed by atoms with Crippen LogP contribution in [-0.4, -0.2) is 44.9 Å². The van der Waals surface area contributed by atoms with Crippen molar-refractivity contribution < 1.29 is 21.6 Å². The number of sulfonamides is 1. The SMILES string of the molecule is CCCCCCN1CC[C@](C)(c2cccc(NS(=O)(=O)CC(F)(F)F)c2)[C@@H](C)C1. The number of benzene rings is 1. The van der Waals surface area contributed by atoms with E-state index in [2.05, 4.69) is 30.4 Å². The fourth-order valence-electron chi connectivity index (χ4n) is 4.08. The Morgan fingerprint density at radius 3 is 2.59 bits per heavy atom. The van der Waals surface area contributed by atoms with Gasteiger partial charge in [-0.15, -0.1) is 0 Å². The summed E-state index contributed by atoms with van der Waals surface area (Å²) < 4.78 is 63.1. The van der Waals surface area contributed by atoms with Gasteiger partial charge in [-0.05, 0) is 55.0 Å². The number of halogens is 3. The standard InChI is InChI=1S/C21H33F3N2O2S/c1-4-5-6-7-12-26-13-11-20(3,17(2)15-26)18-9-8-10-19(14-18)25-29(27,28)16-21(22,23)24/h8-10,14,17,25H,4-7,11-13,15-16H2,1-3H3/t17-,20-/m0/s1. The highest BCUT2D eigenvalue weighted by Crippen LogP contribution is 2.40. The molecular weight excluding hydrogens is 401 g/mol. The summed E-state index contributed by atoms with van der Waals surface area (Å²) >= 11 is 0. The molecule has 1 fully saturated rings. The molecule has 0 amide bonds. The zero-order chi connectivity index (χ0) is 21.7. The van der Waals surface area contributed by atoms with Gasteiger partial charge in [0.25, 0.3) is 0 Å². The predicted octanol–water partition coefficient (Wildman–Crippen LogP) is 5.17. The van der Waals surface area contributed by atoms with E-state index in [4.69, 9.17) is 0 Å². The Hall–Kier alpha value is -1.28. The van der Waals surface area contributed by atoms with Crippen molar-refractivity contribution in [1.82, 2.24) is 4.90 Å². The molecule has 0 spiro atoms. The minimum Gasteiger partial charge on any atom is -0.303 e. The number of anilines is 1. The van der Waals surface area contributed by atoms with E-state index in [9.17, 15) is 21.6 Å². The second kappa shape index (κ2) is 9.69. The Morgan fingerprint density at radius 1 is 1.24 bits per heavy atom. The Morgan fingerprint density at radius 2 is 1.97 bits per heavy atom. The molecule has 0 aliphatic carbocycles. The quantitative estimate of drug-likeness (QED) is 0.546. The summed E-state index contributed by atoms with van der Waals surface area (Å²) in [6.07, 6.45) is 1.09. The van der Waals surface area contributed by atoms with E-state index >= 15 is 0 Å². The molecule has 4 nitrogen and oxygen atoms in total. The highest BCUT2D eigenvalue weighted by molar-refractivity contribution is 7.92. The smallest absolute Gasteiger partial charge is 0.303 e. The molecule has 1 saturated heterocycles. The van der Waals surface area contributed by atoms with Crippen LogP contribution in [0.1, 0.15) is 58.4 Å². The van der Waals surface area contributed by atoms with Gasteiger partial charge in [-0.3, -0.25) is 4.72 Å². The Kier molecular flexibility index (Phi) is 8.01. The van der Waals surface area contributed by atoms with Crippen molar-refractivity contribution in [3.63, 3.8) is 0 Å². The van der Waals surface area contributed by atoms with Crippen LogP contribution in [0.5, 0.6) is 0 Å². The number of alkyl halides is 3. The predicted molar refractivity (Wildman–Crippen MR) is 112 cm³/mol. The van der Waals surface area contributed by atoms with Crippen molar-refractivity contribution in [2.75, 3.05) is 30.1 Å². The van der Waals surface area contributed by atoms with E-state index in [-0.39, 0.29) is 11.1 Å². The largest absolute Gasteiger partial charge is 0.404 e. The lowest BCUT2D eigenvalue weighted by atomic mass is 9.68. The van der Waals surface area contributed by atoms with E-state index in [0.717, 1.165) is 31.6 Å². The average molecular weight is 435 g/mol. The van der Waals surface area contributed by atoms with Gasteiger partial charge in [0.1, 0.15) is 0 Å². The number of piperidine rings is 1. The number of likely N-dealkylation sites (tertiary alicyclic amines) is 1. The van der Waals surface area contributed by atoms with Crippen molar-refractivity contribution in [3.05, 3.63) is 29.8 Å². The van der Waals surface area contributed by atoms with Crippen molar-refractivity contribution in [2.45, 2.75) is 64.5 Å². The lowest BCUT2D eigenvalue weighted by Crippen LogP contribution is -2.47. The van der Waals surface area contributed by atoms with Gasteiger partial charge in [-0.25, -0.2) is 8.42 Å². The maximum Gasteiger partial charge on any atom is 0.404 e. The Labute approximate surface area is 172 Å². The number of nitrogens with zero attached hydrogens (tertiary/aromatic N) is 1. The van der Waals surface area contributed by atoms with Crippen LogP contribution < -0.4 is 4.72 Å². The summed E-state index contributed by atoms with van der Waals surface area (Å²) in [6.45, 7) is 9.58. The Bertz CT molecular complexity index is 767. The molecule has 1 aromatic carbocycles. The first-order valence-corrected chi connectivity index (χ1v) is 12.0. The second-order valence-electron chi connectivity index (χ2n) is 8.49. The fourth-order valence-corrected chi connectivity index (χ4v) is 5.07. The van der Waals surface area contributed by atoms with Gasteiger partial charge >= 0.3 is 6.18 Å². The van der Waals surface area contributed by atoms with Crippen molar-refractivity contribution >= 4 is 15.7 Å². The summed E-state index contributed by atoms with van der Waals surface area (Å²) in [5.74, 6) is -1.53. The molecule has 0 radical (unpaired) electrons. The normalized spacial score (nSPS) is 23.9. The molecule has 1 aliphatic rings. The number of nitrogens with one attached hydrogen (secondary N) is 1. The van der Waals surface area contributed by atoms with E-state index in [1.54, 1.807) is 12.1 Å². The first-order chi connectivity index (χ1) is 13.5. The molecule has 0 saturated carbocycles. The van der Waals surface area contributed by atoms with Crippen LogP contribution in [0, 0.1) is 5.92 Å². The molecule has 0 bridgehead atoms. The zero-order valence-electron chi connectivity index (χ0n) is 17.6. The van der Waals surface area contributed by atoms with Crippen LogP contribution >= 0.6 is 0 Å². The van der Waals surface area contributed by atoms with Gasteiger partial charge in [0, 0.05) is 12.2 Å². The first-order valence-electron chi connectivity index (χ1n) is 10.4. The Balaban J connectivity index is 2.06. The van der Waals surface area contributed by atoms with Crippen LogP contribution in [0.3, 0.4) is 0 Å². The summed E-state index contributed by atoms with van der Waals surface area (Å²) in [6, 6.07) is 6.82. The van der Waals surface area contributed by atoms with Gasteiger partial charge in [-0.2, -0.15) is 13.2 Å². The molecule has 166 valence electrons. The molecule has 1 N–H and O–H groups in total. The molecule has 29 heavy (non-hydrogen) atoms. The van der Waals surface area contributed by atoms with E-state index in [0.29, 0.717) is 5.92 Å². The number of hydrogen-bond donors (Lipinski definition) is 1. The lowest BCUT2D eigenvalue weighted by Gasteiger charge is -2.45. The molecule has 8 heteroatoms. The minimum atomic E-state index is -4.77. The maximum atomic E-state index is 12.5. The molecule has 1 aromatic rings. The van der Waals surface area contributed by atoms with Crippen LogP contribution in [0.25, 0.3) is 0 Å². The molecule has 1 heterocycles. The second-order valence-corrected chi connectivity index (χ2v) is 10.2. The molecule has 0 unspecified atom stereocenters. The van der Waals surface area contributed by atoms with Gasteiger partial charge < -0.3 is 4.90 Å². The average Bonchev–Trinajstić information content (AvgIpc) is 2.59. The number of rotatable bonds is 9. The van der Waals surface area contributed by atoms with Crippen molar-refractivity contribution in [1.29, 1.82) is 0 Å². The summed E-state index contributed by atoms with van der Waals surface area (Å²) in [5, 5.41) is 0. The van der Waals surface area contributed by atoms with Gasteiger partial charge in [-0.1, -0.05) is 52.2 Å². The van der Waals surface area contributed by atoms with Crippen LogP contribution in [0.15, 0.2) is 24.3 Å². The summed E-state index contributed by atoms with van der Waals surface area (Å²) in [7, 11) is -4.48. The monoisotopic (exact) mass is 434 g/mol. The minimum absolute atomic E-state index is 0.147. The lowest BCUT2D eigenvalue weighted by molar-refractivity contribution is -0.106. The first kappa shape index (κ1) is 24.0. The van der Waals surface area contributed by atoms with E-state index in [1.807, 2.05) is 6.07 Å². The third-order valence-electron chi connectivity index (χ3n) is 6.04. The number of unbranched alkanes of at least 4 members (excludes halogenated alkanes) is 3. The summed E-state index contributed by atoms with van der Waals surface area (Å²) in [5.41, 5.74) is 0.996. The van der Waals surface area contributed by atoms with Crippen LogP contribution in [-0.2, 0) is 15.4 Å². The molecule has 2 rings (SSSR count). The van der Waals surface area contributed by atoms with E-state index in [1.165, 1.54) is 31.7 Å². The fraction of sp³-hybridized carbons (Fsp3) is 0.714. The third kappa shape index (κ3) is 7.17. The topological polar surface area (TPSA) is 49.4 Å². The molecular formula is C21H33F3N2O2S. The highest BCUT2D eigenvalue weighted by Gasteiger charge is 2.38. The van der Waals surface area contributed by atoms with Crippen molar-refractivity contribution in [2.24, 2.45) is 5.92 Å². The zero-order valence-corrected chi connectivity index (χ0v) is 18.4.